The molecule has 17 heavy (non-hydrogen) atoms. The highest BCUT2D eigenvalue weighted by molar-refractivity contribution is 5.23. The number of benzene rings is 1. The van der Waals surface area contributed by atoms with E-state index in [1.807, 2.05) is 6.92 Å². The molecule has 1 heterocycles. The molecule has 0 fully saturated rings. The highest BCUT2D eigenvalue weighted by atomic mass is 15.0. The SMILES string of the molecule is Cc1ccc(C(C)NCc2nc[nH]c2C)cc1. The Morgan fingerprint density at radius 3 is 2.53 bits per heavy atom. The minimum absolute atomic E-state index is 0.340. The Hall–Kier alpha value is -1.61. The van der Waals surface area contributed by atoms with E-state index in [-0.39, 0.29) is 0 Å². The van der Waals surface area contributed by atoms with Crippen LogP contribution in [0.5, 0.6) is 0 Å². The lowest BCUT2D eigenvalue weighted by Gasteiger charge is -2.13. The van der Waals surface area contributed by atoms with Gasteiger partial charge in [-0.15, -0.1) is 0 Å². The van der Waals surface area contributed by atoms with E-state index in [0.717, 1.165) is 17.9 Å². The van der Waals surface area contributed by atoms with Crippen molar-refractivity contribution in [3.63, 3.8) is 0 Å². The number of aromatic amines is 1. The molecule has 90 valence electrons. The van der Waals surface area contributed by atoms with E-state index in [0.29, 0.717) is 6.04 Å². The van der Waals surface area contributed by atoms with Gasteiger partial charge < -0.3 is 10.3 Å². The van der Waals surface area contributed by atoms with Crippen molar-refractivity contribution in [2.24, 2.45) is 0 Å². The van der Waals surface area contributed by atoms with Crippen LogP contribution >= 0.6 is 0 Å². The lowest BCUT2D eigenvalue weighted by Crippen LogP contribution is -2.18. The van der Waals surface area contributed by atoms with Crippen LogP contribution in [0.1, 0.15) is 35.5 Å². The number of rotatable bonds is 4. The molecule has 2 aromatic rings. The molecular weight excluding hydrogens is 210 g/mol. The molecule has 0 aliphatic heterocycles. The number of aryl methyl sites for hydroxylation is 2. The number of hydrogen-bond acceptors (Lipinski definition) is 2. The molecule has 1 atom stereocenters. The number of H-pyrrole nitrogens is 1. The summed E-state index contributed by atoms with van der Waals surface area (Å²) in [7, 11) is 0. The smallest absolute Gasteiger partial charge is 0.0925 e. The van der Waals surface area contributed by atoms with Crippen LogP contribution in [0, 0.1) is 13.8 Å². The van der Waals surface area contributed by atoms with Crippen molar-refractivity contribution in [3.8, 4) is 0 Å². The number of nitrogens with zero attached hydrogens (tertiary/aromatic N) is 1. The normalized spacial score (nSPS) is 12.6. The Balaban J connectivity index is 1.95. The minimum Gasteiger partial charge on any atom is -0.348 e. The first kappa shape index (κ1) is 11.9. The van der Waals surface area contributed by atoms with Gasteiger partial charge in [-0.2, -0.15) is 0 Å². The van der Waals surface area contributed by atoms with E-state index in [9.17, 15) is 0 Å². The lowest BCUT2D eigenvalue weighted by molar-refractivity contribution is 0.567. The summed E-state index contributed by atoms with van der Waals surface area (Å²) in [6, 6.07) is 8.97. The number of aromatic nitrogens is 2. The van der Waals surface area contributed by atoms with Crippen molar-refractivity contribution in [2.75, 3.05) is 0 Å². The maximum absolute atomic E-state index is 4.28. The van der Waals surface area contributed by atoms with Crippen LogP contribution in [-0.4, -0.2) is 9.97 Å². The van der Waals surface area contributed by atoms with Crippen molar-refractivity contribution < 1.29 is 0 Å². The minimum atomic E-state index is 0.340. The highest BCUT2D eigenvalue weighted by Gasteiger charge is 2.06. The molecule has 0 aliphatic rings. The second-order valence-electron chi connectivity index (χ2n) is 4.49. The zero-order valence-electron chi connectivity index (χ0n) is 10.6. The third-order valence-corrected chi connectivity index (χ3v) is 3.09. The molecule has 2 N–H and O–H groups in total. The highest BCUT2D eigenvalue weighted by Crippen LogP contribution is 2.13. The Kier molecular flexibility index (Phi) is 3.59. The maximum atomic E-state index is 4.28. The zero-order valence-corrected chi connectivity index (χ0v) is 10.6. The van der Waals surface area contributed by atoms with Gasteiger partial charge in [0.1, 0.15) is 0 Å². The first-order chi connectivity index (χ1) is 8.16. The second-order valence-corrected chi connectivity index (χ2v) is 4.49. The summed E-state index contributed by atoms with van der Waals surface area (Å²) in [6.45, 7) is 7.12. The predicted octanol–water partition coefficient (Wildman–Crippen LogP) is 2.88. The van der Waals surface area contributed by atoms with Crippen molar-refractivity contribution in [1.82, 2.24) is 15.3 Å². The van der Waals surface area contributed by atoms with Gasteiger partial charge >= 0.3 is 0 Å². The van der Waals surface area contributed by atoms with Crippen LogP contribution in [0.15, 0.2) is 30.6 Å². The Morgan fingerprint density at radius 1 is 1.24 bits per heavy atom. The van der Waals surface area contributed by atoms with Gasteiger partial charge in [0.05, 0.1) is 12.0 Å². The number of nitrogens with one attached hydrogen (secondary N) is 2. The quantitative estimate of drug-likeness (QED) is 0.846. The molecule has 2 rings (SSSR count). The third-order valence-electron chi connectivity index (χ3n) is 3.09. The summed E-state index contributed by atoms with van der Waals surface area (Å²) in [5.74, 6) is 0. The molecule has 0 spiro atoms. The van der Waals surface area contributed by atoms with Crippen molar-refractivity contribution in [1.29, 1.82) is 0 Å². The van der Waals surface area contributed by atoms with E-state index < -0.39 is 0 Å². The first-order valence-corrected chi connectivity index (χ1v) is 5.95. The van der Waals surface area contributed by atoms with Crippen LogP contribution in [0.25, 0.3) is 0 Å². The van der Waals surface area contributed by atoms with E-state index in [4.69, 9.17) is 0 Å². The number of hydrogen-bond donors (Lipinski definition) is 2. The Labute approximate surface area is 102 Å². The van der Waals surface area contributed by atoms with Gasteiger partial charge in [-0.25, -0.2) is 4.98 Å². The van der Waals surface area contributed by atoms with Crippen molar-refractivity contribution >= 4 is 0 Å². The topological polar surface area (TPSA) is 40.7 Å². The van der Waals surface area contributed by atoms with Gasteiger partial charge in [0.2, 0.25) is 0 Å². The Morgan fingerprint density at radius 2 is 1.94 bits per heavy atom. The summed E-state index contributed by atoms with van der Waals surface area (Å²) in [6.07, 6.45) is 1.74. The van der Waals surface area contributed by atoms with Gasteiger partial charge in [0.25, 0.3) is 0 Å². The molecule has 1 aromatic carbocycles. The van der Waals surface area contributed by atoms with E-state index in [1.165, 1.54) is 11.1 Å². The van der Waals surface area contributed by atoms with E-state index in [1.54, 1.807) is 6.33 Å². The summed E-state index contributed by atoms with van der Waals surface area (Å²) in [5, 5.41) is 3.48. The molecule has 1 unspecified atom stereocenters. The molecule has 0 radical (unpaired) electrons. The van der Waals surface area contributed by atoms with E-state index >= 15 is 0 Å². The summed E-state index contributed by atoms with van der Waals surface area (Å²) >= 11 is 0. The maximum Gasteiger partial charge on any atom is 0.0925 e. The number of imidazole rings is 1. The summed E-state index contributed by atoms with van der Waals surface area (Å²) in [4.78, 5) is 7.37. The molecule has 0 saturated heterocycles. The summed E-state index contributed by atoms with van der Waals surface area (Å²) < 4.78 is 0. The monoisotopic (exact) mass is 229 g/mol. The molecule has 0 bridgehead atoms. The fraction of sp³-hybridized carbons (Fsp3) is 0.357. The Bertz CT molecular complexity index is 470. The average Bonchev–Trinajstić information content (AvgIpc) is 2.73. The molecule has 3 heteroatoms. The molecular formula is C14H19N3. The average molecular weight is 229 g/mol. The lowest BCUT2D eigenvalue weighted by atomic mass is 10.1. The van der Waals surface area contributed by atoms with Gasteiger partial charge in [0.15, 0.2) is 0 Å². The first-order valence-electron chi connectivity index (χ1n) is 5.95. The van der Waals surface area contributed by atoms with Crippen LogP contribution in [0.2, 0.25) is 0 Å². The van der Waals surface area contributed by atoms with Crippen molar-refractivity contribution in [2.45, 2.75) is 33.4 Å². The second kappa shape index (κ2) is 5.15. The third kappa shape index (κ3) is 2.94. The van der Waals surface area contributed by atoms with Crippen LogP contribution in [0.4, 0.5) is 0 Å². The van der Waals surface area contributed by atoms with Gasteiger partial charge in [0, 0.05) is 18.3 Å². The molecule has 0 amide bonds. The largest absolute Gasteiger partial charge is 0.348 e. The predicted molar refractivity (Wildman–Crippen MR) is 69.8 cm³/mol. The fourth-order valence-electron chi connectivity index (χ4n) is 1.79. The van der Waals surface area contributed by atoms with Gasteiger partial charge in [-0.05, 0) is 26.3 Å². The molecule has 3 nitrogen and oxygen atoms in total. The molecule has 0 aliphatic carbocycles. The summed E-state index contributed by atoms with van der Waals surface area (Å²) in [5.41, 5.74) is 4.82. The van der Waals surface area contributed by atoms with E-state index in [2.05, 4.69) is 53.4 Å². The fourth-order valence-corrected chi connectivity index (χ4v) is 1.79. The van der Waals surface area contributed by atoms with Crippen LogP contribution < -0.4 is 5.32 Å². The van der Waals surface area contributed by atoms with Crippen molar-refractivity contribution in [3.05, 3.63) is 53.1 Å². The van der Waals surface area contributed by atoms with Gasteiger partial charge in [-0.1, -0.05) is 29.8 Å². The molecule has 1 aromatic heterocycles. The van der Waals surface area contributed by atoms with Crippen LogP contribution in [-0.2, 0) is 6.54 Å². The standard InChI is InChI=1S/C14H19N3/c1-10-4-6-13(7-5-10)11(2)15-8-14-12(3)16-9-17-14/h4-7,9,11,15H,8H2,1-3H3,(H,16,17). The van der Waals surface area contributed by atoms with Crippen LogP contribution in [0.3, 0.4) is 0 Å². The van der Waals surface area contributed by atoms with Gasteiger partial charge in [-0.3, -0.25) is 0 Å². The molecule has 0 saturated carbocycles. The zero-order chi connectivity index (χ0) is 12.3.